The molecule has 0 radical (unpaired) electrons. The molecule has 31 heavy (non-hydrogen) atoms. The minimum Gasteiger partial charge on any atom is -0.395 e. The Kier molecular flexibility index (Phi) is 5.80. The highest BCUT2D eigenvalue weighted by molar-refractivity contribution is 5.69. The number of nitrogens with two attached hydrogens (primary N) is 1. The maximum atomic E-state index is 9.61. The van der Waals surface area contributed by atoms with Crippen LogP contribution in [0.4, 0.5) is 11.6 Å². The van der Waals surface area contributed by atoms with Crippen LogP contribution in [-0.4, -0.2) is 55.7 Å². The molecule has 1 aliphatic carbocycles. The zero-order chi connectivity index (χ0) is 22.0. The third-order valence-electron chi connectivity index (χ3n) is 5.94. The lowest BCUT2D eigenvalue weighted by molar-refractivity contribution is 0.283. The van der Waals surface area contributed by atoms with Crippen molar-refractivity contribution in [1.82, 2.24) is 29.7 Å². The Hall–Kier alpha value is -3.16. The van der Waals surface area contributed by atoms with Crippen LogP contribution >= 0.6 is 0 Å². The number of fused-ring (bicyclic) bond motifs is 1. The van der Waals surface area contributed by atoms with Gasteiger partial charge < -0.3 is 21.5 Å². The average molecular weight is 424 g/mol. The zero-order valence-corrected chi connectivity index (χ0v) is 18.0. The van der Waals surface area contributed by atoms with Gasteiger partial charge in [0, 0.05) is 37.8 Å². The molecule has 0 atom stereocenters. The fourth-order valence-corrected chi connectivity index (χ4v) is 3.97. The number of rotatable bonds is 10. The lowest BCUT2D eigenvalue weighted by Gasteiger charge is -2.16. The maximum Gasteiger partial charge on any atom is 0.163 e. The van der Waals surface area contributed by atoms with Crippen LogP contribution in [0.15, 0.2) is 12.3 Å². The Morgan fingerprint density at radius 1 is 1.32 bits per heavy atom. The molecule has 0 amide bonds. The number of aliphatic hydroxyl groups is 1. The summed E-state index contributed by atoms with van der Waals surface area (Å²) in [5, 5.41) is 34.3. The second kappa shape index (κ2) is 8.53. The van der Waals surface area contributed by atoms with E-state index in [0.29, 0.717) is 42.4 Å². The van der Waals surface area contributed by atoms with Gasteiger partial charge in [0.1, 0.15) is 23.3 Å². The van der Waals surface area contributed by atoms with Crippen LogP contribution in [0.3, 0.4) is 0 Å². The Morgan fingerprint density at radius 3 is 2.81 bits per heavy atom. The molecule has 0 aromatic carbocycles. The van der Waals surface area contributed by atoms with E-state index >= 15 is 0 Å². The van der Waals surface area contributed by atoms with E-state index in [4.69, 9.17) is 15.9 Å². The standard InChI is InChI=1S/C21H29N9O/c1-3-16-14(2)27-30-18(23)17(12-22)19(26-20(16)30)25-8-4-15-5-10-29(28-15)21(6-7-21)13-24-9-11-31/h5,10,24,31H,3-4,6-9,11,13,23H2,1-2H3,(H,25,26). The van der Waals surface area contributed by atoms with Crippen molar-refractivity contribution in [3.63, 3.8) is 0 Å². The molecule has 0 aliphatic heterocycles. The van der Waals surface area contributed by atoms with Gasteiger partial charge in [-0.15, -0.1) is 0 Å². The molecular weight excluding hydrogens is 394 g/mol. The van der Waals surface area contributed by atoms with Gasteiger partial charge in [-0.05, 0) is 32.3 Å². The summed E-state index contributed by atoms with van der Waals surface area (Å²) in [6, 6.07) is 4.18. The summed E-state index contributed by atoms with van der Waals surface area (Å²) in [6.07, 6.45) is 5.69. The summed E-state index contributed by atoms with van der Waals surface area (Å²) in [6.45, 7) is 6.10. The van der Waals surface area contributed by atoms with Gasteiger partial charge in [-0.2, -0.15) is 20.0 Å². The summed E-state index contributed by atoms with van der Waals surface area (Å²) in [5.74, 6) is 0.779. The number of nitrogens with one attached hydrogen (secondary N) is 2. The zero-order valence-electron chi connectivity index (χ0n) is 18.0. The van der Waals surface area contributed by atoms with Gasteiger partial charge in [0.15, 0.2) is 5.65 Å². The molecule has 5 N–H and O–H groups in total. The average Bonchev–Trinajstić information content (AvgIpc) is 3.25. The topological polar surface area (TPSA) is 142 Å². The predicted octanol–water partition coefficient (Wildman–Crippen LogP) is 0.976. The fourth-order valence-electron chi connectivity index (χ4n) is 3.97. The Morgan fingerprint density at radius 2 is 2.13 bits per heavy atom. The number of anilines is 2. The highest BCUT2D eigenvalue weighted by atomic mass is 16.3. The van der Waals surface area contributed by atoms with E-state index in [0.717, 1.165) is 42.8 Å². The van der Waals surface area contributed by atoms with Crippen molar-refractivity contribution >= 4 is 17.3 Å². The molecular formula is C21H29N9O. The second-order valence-corrected chi connectivity index (χ2v) is 8.04. The van der Waals surface area contributed by atoms with E-state index in [1.165, 1.54) is 0 Å². The fraction of sp³-hybridized carbons (Fsp3) is 0.524. The molecule has 1 saturated carbocycles. The number of nitrogens with zero attached hydrogens (tertiary/aromatic N) is 6. The molecule has 3 aromatic heterocycles. The molecule has 0 bridgehead atoms. The second-order valence-electron chi connectivity index (χ2n) is 8.04. The number of aryl methyl sites for hydroxylation is 2. The highest BCUT2D eigenvalue weighted by Crippen LogP contribution is 2.42. The number of aliphatic hydroxyl groups excluding tert-OH is 1. The van der Waals surface area contributed by atoms with Crippen LogP contribution < -0.4 is 16.4 Å². The van der Waals surface area contributed by atoms with Gasteiger partial charge in [-0.25, -0.2) is 4.98 Å². The van der Waals surface area contributed by atoms with Crippen LogP contribution in [-0.2, 0) is 18.4 Å². The van der Waals surface area contributed by atoms with Crippen molar-refractivity contribution in [2.24, 2.45) is 0 Å². The van der Waals surface area contributed by atoms with Crippen molar-refractivity contribution in [3.8, 4) is 6.07 Å². The number of nitrogen functional groups attached to an aromatic ring is 1. The molecule has 1 aliphatic rings. The summed E-state index contributed by atoms with van der Waals surface area (Å²) >= 11 is 0. The van der Waals surface area contributed by atoms with E-state index in [-0.39, 0.29) is 12.1 Å². The monoisotopic (exact) mass is 423 g/mol. The van der Waals surface area contributed by atoms with Crippen molar-refractivity contribution < 1.29 is 5.11 Å². The molecule has 1 fully saturated rings. The van der Waals surface area contributed by atoms with Gasteiger partial charge in [-0.3, -0.25) is 4.68 Å². The smallest absolute Gasteiger partial charge is 0.163 e. The quantitative estimate of drug-likeness (QED) is 0.354. The van der Waals surface area contributed by atoms with Crippen LogP contribution in [0, 0.1) is 18.3 Å². The molecule has 0 spiro atoms. The number of aromatic nitrogens is 5. The van der Waals surface area contributed by atoms with Gasteiger partial charge in [0.05, 0.1) is 23.5 Å². The normalized spacial score (nSPS) is 14.6. The van der Waals surface area contributed by atoms with Crippen LogP contribution in [0.5, 0.6) is 0 Å². The van der Waals surface area contributed by atoms with E-state index in [2.05, 4.69) is 33.7 Å². The first-order valence-electron chi connectivity index (χ1n) is 10.7. The highest BCUT2D eigenvalue weighted by Gasteiger charge is 2.44. The molecule has 3 aromatic rings. The number of hydrogen-bond acceptors (Lipinski definition) is 8. The first-order chi connectivity index (χ1) is 15.0. The van der Waals surface area contributed by atoms with Crippen molar-refractivity contribution in [1.29, 1.82) is 5.26 Å². The molecule has 0 unspecified atom stereocenters. The van der Waals surface area contributed by atoms with Crippen LogP contribution in [0.2, 0.25) is 0 Å². The van der Waals surface area contributed by atoms with Crippen molar-refractivity contribution in [3.05, 3.63) is 34.8 Å². The van der Waals surface area contributed by atoms with E-state index in [1.807, 2.05) is 23.9 Å². The third kappa shape index (κ3) is 3.94. The van der Waals surface area contributed by atoms with E-state index in [9.17, 15) is 5.26 Å². The van der Waals surface area contributed by atoms with E-state index < -0.39 is 0 Å². The summed E-state index contributed by atoms with van der Waals surface area (Å²) in [4.78, 5) is 4.66. The van der Waals surface area contributed by atoms with Gasteiger partial charge in [0.25, 0.3) is 0 Å². The summed E-state index contributed by atoms with van der Waals surface area (Å²) in [5.41, 5.74) is 10.1. The number of nitriles is 1. The van der Waals surface area contributed by atoms with Gasteiger partial charge >= 0.3 is 0 Å². The lowest BCUT2D eigenvalue weighted by Crippen LogP contribution is -2.33. The summed E-state index contributed by atoms with van der Waals surface area (Å²) in [7, 11) is 0. The van der Waals surface area contributed by atoms with Gasteiger partial charge in [-0.1, -0.05) is 6.92 Å². The molecule has 10 nitrogen and oxygen atoms in total. The maximum absolute atomic E-state index is 9.61. The van der Waals surface area contributed by atoms with Gasteiger partial charge in [0.2, 0.25) is 0 Å². The largest absolute Gasteiger partial charge is 0.395 e. The minimum absolute atomic E-state index is 0.0340. The Labute approximate surface area is 181 Å². The first kappa shape index (κ1) is 21.1. The molecule has 0 saturated heterocycles. The first-order valence-corrected chi connectivity index (χ1v) is 10.7. The Balaban J connectivity index is 1.46. The lowest BCUT2D eigenvalue weighted by atomic mass is 10.2. The summed E-state index contributed by atoms with van der Waals surface area (Å²) < 4.78 is 3.60. The predicted molar refractivity (Wildman–Crippen MR) is 118 cm³/mol. The van der Waals surface area contributed by atoms with E-state index in [1.54, 1.807) is 4.52 Å². The van der Waals surface area contributed by atoms with Crippen molar-refractivity contribution in [2.75, 3.05) is 37.3 Å². The third-order valence-corrected chi connectivity index (χ3v) is 5.94. The van der Waals surface area contributed by atoms with Crippen LogP contribution in [0.25, 0.3) is 5.65 Å². The SMILES string of the molecule is CCc1c(C)nn2c(N)c(C#N)c(NCCc3ccn(C4(CNCCO)CC4)n3)nc12. The van der Waals surface area contributed by atoms with Crippen molar-refractivity contribution in [2.45, 2.75) is 45.1 Å². The molecule has 164 valence electrons. The molecule has 10 heteroatoms. The molecule has 4 rings (SSSR count). The minimum atomic E-state index is 0.0340. The number of hydrogen-bond donors (Lipinski definition) is 4. The Bertz CT molecular complexity index is 1120. The van der Waals surface area contributed by atoms with Crippen LogP contribution in [0.1, 0.15) is 42.3 Å². The molecule has 3 heterocycles.